The third kappa shape index (κ3) is 4.62. The monoisotopic (exact) mass is 318 g/mol. The van der Waals surface area contributed by atoms with Crippen molar-refractivity contribution in [1.29, 1.82) is 0 Å². The summed E-state index contributed by atoms with van der Waals surface area (Å²) in [5.74, 6) is 1.28. The van der Waals surface area contributed by atoms with Crippen molar-refractivity contribution >= 4 is 11.6 Å². The molecule has 3 rings (SSSR count). The molecule has 0 amide bonds. The first-order chi connectivity index (χ1) is 11.7. The van der Waals surface area contributed by atoms with E-state index in [-0.39, 0.29) is 0 Å². The van der Waals surface area contributed by atoms with E-state index in [0.717, 1.165) is 24.1 Å². The van der Waals surface area contributed by atoms with Gasteiger partial charge in [0.15, 0.2) is 0 Å². The highest BCUT2D eigenvalue weighted by Gasteiger charge is 2.02. The average Bonchev–Trinajstić information content (AvgIpc) is 2.59. The second-order valence-corrected chi connectivity index (χ2v) is 6.37. The molecule has 2 aromatic heterocycles. The maximum Gasteiger partial charge on any atom is 0.227 e. The molecular weight excluding hydrogens is 296 g/mol. The summed E-state index contributed by atoms with van der Waals surface area (Å²) in [5, 5.41) is 3.24. The number of hydrogen-bond acceptors (Lipinski definition) is 4. The highest BCUT2D eigenvalue weighted by Crippen LogP contribution is 2.16. The first kappa shape index (κ1) is 16.1. The molecule has 24 heavy (non-hydrogen) atoms. The molecule has 0 bridgehead atoms. The van der Waals surface area contributed by atoms with Crippen molar-refractivity contribution in [1.82, 2.24) is 15.0 Å². The first-order valence-corrected chi connectivity index (χ1v) is 8.25. The van der Waals surface area contributed by atoms with Gasteiger partial charge in [-0.15, -0.1) is 0 Å². The number of hydrogen-bond donors (Lipinski definition) is 1. The molecule has 0 saturated heterocycles. The van der Waals surface area contributed by atoms with Gasteiger partial charge in [0.05, 0.1) is 0 Å². The molecular formula is C20H22N4. The Bertz CT molecular complexity index is 750. The number of pyridine rings is 1. The zero-order valence-electron chi connectivity index (χ0n) is 14.1. The van der Waals surface area contributed by atoms with Gasteiger partial charge < -0.3 is 5.32 Å². The number of anilines is 2. The lowest BCUT2D eigenvalue weighted by Gasteiger charge is -2.08. The zero-order valence-corrected chi connectivity index (χ0v) is 14.1. The fourth-order valence-corrected chi connectivity index (χ4v) is 2.57. The number of nitrogens with zero attached hydrogens (tertiary/aromatic N) is 3. The summed E-state index contributed by atoms with van der Waals surface area (Å²) in [6.07, 6.45) is 9.24. The largest absolute Gasteiger partial charge is 0.324 e. The van der Waals surface area contributed by atoms with E-state index in [0.29, 0.717) is 11.9 Å². The lowest BCUT2D eigenvalue weighted by Crippen LogP contribution is -1.99. The van der Waals surface area contributed by atoms with Crippen LogP contribution in [0.1, 0.15) is 30.5 Å². The summed E-state index contributed by atoms with van der Waals surface area (Å²) >= 11 is 0. The predicted molar refractivity (Wildman–Crippen MR) is 97.3 cm³/mol. The molecule has 0 spiro atoms. The van der Waals surface area contributed by atoms with E-state index < -0.39 is 0 Å². The van der Waals surface area contributed by atoms with E-state index in [1.807, 2.05) is 24.5 Å². The first-order valence-electron chi connectivity index (χ1n) is 8.25. The summed E-state index contributed by atoms with van der Waals surface area (Å²) in [6, 6.07) is 12.5. The third-order valence-corrected chi connectivity index (χ3v) is 3.72. The fraction of sp³-hybridized carbons (Fsp3) is 0.250. The Balaban J connectivity index is 1.61. The molecule has 2 heterocycles. The molecule has 0 aliphatic rings. The van der Waals surface area contributed by atoms with E-state index in [9.17, 15) is 0 Å². The Hall–Kier alpha value is -2.75. The zero-order chi connectivity index (χ0) is 16.8. The van der Waals surface area contributed by atoms with Gasteiger partial charge in [-0.05, 0) is 53.3 Å². The summed E-state index contributed by atoms with van der Waals surface area (Å²) in [4.78, 5) is 12.8. The molecule has 4 heteroatoms. The summed E-state index contributed by atoms with van der Waals surface area (Å²) < 4.78 is 0. The van der Waals surface area contributed by atoms with Crippen LogP contribution in [0.4, 0.5) is 11.6 Å². The van der Waals surface area contributed by atoms with Gasteiger partial charge in [0.2, 0.25) is 5.95 Å². The van der Waals surface area contributed by atoms with E-state index in [4.69, 9.17) is 0 Å². The lowest BCUT2D eigenvalue weighted by atomic mass is 10.0. The van der Waals surface area contributed by atoms with Crippen LogP contribution < -0.4 is 5.32 Å². The molecule has 0 aliphatic carbocycles. The van der Waals surface area contributed by atoms with Crippen molar-refractivity contribution in [2.24, 2.45) is 5.92 Å². The Morgan fingerprint density at radius 1 is 0.833 bits per heavy atom. The topological polar surface area (TPSA) is 50.7 Å². The normalized spacial score (nSPS) is 10.8. The second-order valence-electron chi connectivity index (χ2n) is 6.37. The third-order valence-electron chi connectivity index (χ3n) is 3.72. The van der Waals surface area contributed by atoms with Crippen LogP contribution >= 0.6 is 0 Å². The SMILES string of the molecule is CC(C)Cc1ccc(Nc2ncc(Cc3ccncc3)cn2)cc1. The minimum Gasteiger partial charge on any atom is -0.324 e. The summed E-state index contributed by atoms with van der Waals surface area (Å²) in [7, 11) is 0. The van der Waals surface area contributed by atoms with Crippen molar-refractivity contribution in [3.63, 3.8) is 0 Å². The molecule has 1 N–H and O–H groups in total. The van der Waals surface area contributed by atoms with Gasteiger partial charge in [0.25, 0.3) is 0 Å². The molecule has 0 saturated carbocycles. The quantitative estimate of drug-likeness (QED) is 0.731. The minimum atomic E-state index is 0.616. The van der Waals surface area contributed by atoms with Crippen LogP contribution in [0, 0.1) is 5.92 Å². The van der Waals surface area contributed by atoms with Crippen molar-refractivity contribution in [3.8, 4) is 0 Å². The summed E-state index contributed by atoms with van der Waals surface area (Å²) in [5.41, 5.74) is 4.64. The number of benzene rings is 1. The number of aromatic nitrogens is 3. The van der Waals surface area contributed by atoms with Crippen LogP contribution in [0.2, 0.25) is 0 Å². The maximum absolute atomic E-state index is 4.40. The molecule has 0 aliphatic heterocycles. The maximum atomic E-state index is 4.40. The molecule has 4 nitrogen and oxygen atoms in total. The molecule has 0 unspecified atom stereocenters. The highest BCUT2D eigenvalue weighted by atomic mass is 15.1. The van der Waals surface area contributed by atoms with Gasteiger partial charge in [0, 0.05) is 36.9 Å². The fourth-order valence-electron chi connectivity index (χ4n) is 2.57. The molecule has 0 radical (unpaired) electrons. The molecule has 122 valence electrons. The highest BCUT2D eigenvalue weighted by molar-refractivity contribution is 5.53. The van der Waals surface area contributed by atoms with E-state index in [1.54, 1.807) is 12.4 Å². The molecule has 0 atom stereocenters. The van der Waals surface area contributed by atoms with Crippen LogP contribution in [-0.4, -0.2) is 15.0 Å². The van der Waals surface area contributed by atoms with Crippen LogP contribution in [0.25, 0.3) is 0 Å². The predicted octanol–water partition coefficient (Wildman–Crippen LogP) is 4.40. The van der Waals surface area contributed by atoms with Crippen LogP contribution in [0.3, 0.4) is 0 Å². The molecule has 0 fully saturated rings. The number of nitrogens with one attached hydrogen (secondary N) is 1. The lowest BCUT2D eigenvalue weighted by molar-refractivity contribution is 0.647. The minimum absolute atomic E-state index is 0.616. The van der Waals surface area contributed by atoms with E-state index in [2.05, 4.69) is 58.4 Å². The van der Waals surface area contributed by atoms with Gasteiger partial charge in [-0.25, -0.2) is 9.97 Å². The van der Waals surface area contributed by atoms with Crippen molar-refractivity contribution in [2.45, 2.75) is 26.7 Å². The average molecular weight is 318 g/mol. The van der Waals surface area contributed by atoms with Gasteiger partial charge in [-0.2, -0.15) is 0 Å². The van der Waals surface area contributed by atoms with Crippen molar-refractivity contribution < 1.29 is 0 Å². The molecule has 1 aromatic carbocycles. The van der Waals surface area contributed by atoms with E-state index >= 15 is 0 Å². The van der Waals surface area contributed by atoms with Crippen molar-refractivity contribution in [2.75, 3.05) is 5.32 Å². The standard InChI is InChI=1S/C20H22N4/c1-15(2)11-16-3-5-19(6-4-16)24-20-22-13-18(14-23-20)12-17-7-9-21-10-8-17/h3-10,13-15H,11-12H2,1-2H3,(H,22,23,24). The van der Waals surface area contributed by atoms with E-state index in [1.165, 1.54) is 11.1 Å². The smallest absolute Gasteiger partial charge is 0.227 e. The number of rotatable bonds is 6. The van der Waals surface area contributed by atoms with Crippen LogP contribution in [0.5, 0.6) is 0 Å². The Morgan fingerprint density at radius 2 is 1.50 bits per heavy atom. The van der Waals surface area contributed by atoms with Crippen molar-refractivity contribution in [3.05, 3.63) is 77.9 Å². The molecule has 3 aromatic rings. The van der Waals surface area contributed by atoms with Gasteiger partial charge in [0.1, 0.15) is 0 Å². The Morgan fingerprint density at radius 3 is 2.12 bits per heavy atom. The Labute approximate surface area is 143 Å². The van der Waals surface area contributed by atoms with Gasteiger partial charge in [-0.3, -0.25) is 4.98 Å². The second kappa shape index (κ2) is 7.68. The summed E-state index contributed by atoms with van der Waals surface area (Å²) in [6.45, 7) is 4.46. The van der Waals surface area contributed by atoms with Gasteiger partial charge >= 0.3 is 0 Å². The Kier molecular flexibility index (Phi) is 5.16. The van der Waals surface area contributed by atoms with Crippen LogP contribution in [-0.2, 0) is 12.8 Å². The van der Waals surface area contributed by atoms with Crippen LogP contribution in [0.15, 0.2) is 61.2 Å². The van der Waals surface area contributed by atoms with Gasteiger partial charge in [-0.1, -0.05) is 26.0 Å².